The first kappa shape index (κ1) is 24.7. The van der Waals surface area contributed by atoms with Gasteiger partial charge in [-0.3, -0.25) is 0 Å². The van der Waals surface area contributed by atoms with E-state index in [-0.39, 0.29) is 11.5 Å². The summed E-state index contributed by atoms with van der Waals surface area (Å²) in [6, 6.07) is 20.8. The van der Waals surface area contributed by atoms with Gasteiger partial charge in [-0.15, -0.1) is 0 Å². The quantitative estimate of drug-likeness (QED) is 0.290. The minimum atomic E-state index is 0.0991. The molecule has 0 fully saturated rings. The lowest BCUT2D eigenvalue weighted by Gasteiger charge is -2.08. The van der Waals surface area contributed by atoms with Crippen molar-refractivity contribution in [2.45, 2.75) is 19.8 Å². The van der Waals surface area contributed by atoms with Crippen LogP contribution in [0.3, 0.4) is 0 Å². The molecule has 6 nitrogen and oxygen atoms in total. The highest BCUT2D eigenvalue weighted by atomic mass is 16.5. The van der Waals surface area contributed by atoms with Gasteiger partial charge < -0.3 is 19.7 Å². The number of methoxy groups -OCH3 is 2. The minimum Gasteiger partial charge on any atom is -0.504 e. The van der Waals surface area contributed by atoms with Gasteiger partial charge in [-0.05, 0) is 77.2 Å². The maximum absolute atomic E-state index is 9.89. The molecule has 36 heavy (non-hydrogen) atoms. The molecule has 4 rings (SSSR count). The molecule has 0 saturated carbocycles. The Balaban J connectivity index is 1.70. The number of ether oxygens (including phenoxy) is 2. The summed E-state index contributed by atoms with van der Waals surface area (Å²) < 4.78 is 12.3. The lowest BCUT2D eigenvalue weighted by molar-refractivity contribution is 0.373. The van der Waals surface area contributed by atoms with E-state index in [1.54, 1.807) is 24.3 Å². The van der Waals surface area contributed by atoms with E-state index in [9.17, 15) is 10.2 Å². The predicted molar refractivity (Wildman–Crippen MR) is 145 cm³/mol. The molecule has 4 aromatic rings. The summed E-state index contributed by atoms with van der Waals surface area (Å²) in [5.74, 6) is 1.48. The topological polar surface area (TPSA) is 76.7 Å². The molecule has 184 valence electrons. The molecule has 2 N–H and O–H groups in total. The van der Waals surface area contributed by atoms with Crippen molar-refractivity contribution < 1.29 is 19.7 Å². The second kappa shape index (κ2) is 10.9. The van der Waals surface area contributed by atoms with Crippen molar-refractivity contribution in [2.75, 3.05) is 14.2 Å². The molecule has 0 amide bonds. The Bertz CT molecular complexity index is 1400. The van der Waals surface area contributed by atoms with Crippen LogP contribution >= 0.6 is 0 Å². The van der Waals surface area contributed by atoms with Gasteiger partial charge in [0, 0.05) is 0 Å². The first-order chi connectivity index (χ1) is 17.4. The molecular formula is C30H30N2O4. The van der Waals surface area contributed by atoms with Crippen LogP contribution in [-0.4, -0.2) is 34.2 Å². The maximum Gasteiger partial charge on any atom is 0.161 e. The molecule has 0 bridgehead atoms. The Kier molecular flexibility index (Phi) is 7.44. The Labute approximate surface area is 211 Å². The number of hydrogen-bond acceptors (Lipinski definition) is 5. The molecule has 6 heteroatoms. The number of rotatable bonds is 8. The third kappa shape index (κ3) is 5.61. The molecule has 0 radical (unpaired) electrons. The van der Waals surface area contributed by atoms with Crippen LogP contribution in [0.4, 0.5) is 0 Å². The predicted octanol–water partition coefficient (Wildman–Crippen LogP) is 6.76. The van der Waals surface area contributed by atoms with Gasteiger partial charge in [-0.25, -0.2) is 4.68 Å². The number of aromatic nitrogens is 2. The van der Waals surface area contributed by atoms with Crippen LogP contribution in [-0.2, 0) is 0 Å². The summed E-state index contributed by atoms with van der Waals surface area (Å²) in [7, 11) is 3.05. The first-order valence-corrected chi connectivity index (χ1v) is 11.7. The highest BCUT2D eigenvalue weighted by Crippen LogP contribution is 2.29. The van der Waals surface area contributed by atoms with Gasteiger partial charge in [0.15, 0.2) is 23.0 Å². The van der Waals surface area contributed by atoms with E-state index in [2.05, 4.69) is 38.1 Å². The normalized spacial score (nSPS) is 11.6. The smallest absolute Gasteiger partial charge is 0.161 e. The SMILES string of the molecule is COc1cc(/C=C/c2cc(/C=C/c3ccc(O)c(OC)c3)n(-c3ccc(C(C)C)cc3)n2)ccc1O. The van der Waals surface area contributed by atoms with Crippen molar-refractivity contribution in [1.82, 2.24) is 9.78 Å². The van der Waals surface area contributed by atoms with E-state index in [0.717, 1.165) is 28.2 Å². The zero-order chi connectivity index (χ0) is 25.7. The van der Waals surface area contributed by atoms with E-state index < -0.39 is 0 Å². The highest BCUT2D eigenvalue weighted by Gasteiger charge is 2.09. The van der Waals surface area contributed by atoms with E-state index >= 15 is 0 Å². The van der Waals surface area contributed by atoms with E-state index in [0.29, 0.717) is 17.4 Å². The van der Waals surface area contributed by atoms with Crippen LogP contribution in [0, 0.1) is 0 Å². The molecule has 1 aromatic heterocycles. The summed E-state index contributed by atoms with van der Waals surface area (Å²) in [6.07, 6.45) is 7.78. The molecule has 1 heterocycles. The van der Waals surface area contributed by atoms with Gasteiger partial charge in [0.05, 0.1) is 31.3 Å². The van der Waals surface area contributed by atoms with E-state index in [1.165, 1.54) is 19.8 Å². The average Bonchev–Trinajstić information content (AvgIpc) is 3.30. The molecule has 0 aliphatic heterocycles. The molecule has 3 aromatic carbocycles. The Morgan fingerprint density at radius 2 is 1.28 bits per heavy atom. The molecule has 0 saturated heterocycles. The Hall–Kier alpha value is -4.45. The van der Waals surface area contributed by atoms with Crippen LogP contribution in [0.2, 0.25) is 0 Å². The van der Waals surface area contributed by atoms with Crippen LogP contribution in [0.25, 0.3) is 30.0 Å². The van der Waals surface area contributed by atoms with Gasteiger partial charge in [0.2, 0.25) is 0 Å². The summed E-state index contributed by atoms with van der Waals surface area (Å²) in [5.41, 5.74) is 5.66. The van der Waals surface area contributed by atoms with E-state index in [1.807, 2.05) is 47.2 Å². The summed E-state index contributed by atoms with van der Waals surface area (Å²) in [5, 5.41) is 24.6. The zero-order valence-corrected chi connectivity index (χ0v) is 20.8. The fourth-order valence-electron chi connectivity index (χ4n) is 3.78. The number of phenolic OH excluding ortho intramolecular Hbond substituents is 2. The van der Waals surface area contributed by atoms with Gasteiger partial charge in [0.25, 0.3) is 0 Å². The van der Waals surface area contributed by atoms with Crippen molar-refractivity contribution in [1.29, 1.82) is 0 Å². The van der Waals surface area contributed by atoms with Crippen molar-refractivity contribution in [3.63, 3.8) is 0 Å². The molecule has 0 spiro atoms. The number of phenols is 2. The van der Waals surface area contributed by atoms with Crippen molar-refractivity contribution >= 4 is 24.3 Å². The lowest BCUT2D eigenvalue weighted by Crippen LogP contribution is -1.99. The summed E-state index contributed by atoms with van der Waals surface area (Å²) in [4.78, 5) is 0. The number of aromatic hydroxyl groups is 2. The van der Waals surface area contributed by atoms with Crippen molar-refractivity contribution in [3.05, 3.63) is 94.8 Å². The fraction of sp³-hybridized carbons (Fsp3) is 0.167. The fourth-order valence-corrected chi connectivity index (χ4v) is 3.78. The maximum atomic E-state index is 9.89. The van der Waals surface area contributed by atoms with Crippen LogP contribution in [0.1, 0.15) is 47.8 Å². The number of hydrogen-bond donors (Lipinski definition) is 2. The largest absolute Gasteiger partial charge is 0.504 e. The third-order valence-corrected chi connectivity index (χ3v) is 5.86. The summed E-state index contributed by atoms with van der Waals surface area (Å²) >= 11 is 0. The molecule has 0 unspecified atom stereocenters. The molecule has 0 aliphatic carbocycles. The van der Waals surface area contributed by atoms with Crippen molar-refractivity contribution in [3.8, 4) is 28.7 Å². The van der Waals surface area contributed by atoms with Gasteiger partial charge in [-0.2, -0.15) is 5.10 Å². The van der Waals surface area contributed by atoms with Crippen molar-refractivity contribution in [2.24, 2.45) is 0 Å². The molecule has 0 atom stereocenters. The second-order valence-electron chi connectivity index (χ2n) is 8.68. The lowest BCUT2D eigenvalue weighted by atomic mass is 10.0. The Morgan fingerprint density at radius 1 is 0.722 bits per heavy atom. The summed E-state index contributed by atoms with van der Waals surface area (Å²) in [6.45, 7) is 4.34. The average molecular weight is 483 g/mol. The van der Waals surface area contributed by atoms with Crippen LogP contribution in [0.5, 0.6) is 23.0 Å². The van der Waals surface area contributed by atoms with Gasteiger partial charge in [-0.1, -0.05) is 50.3 Å². The van der Waals surface area contributed by atoms with Crippen LogP contribution in [0.15, 0.2) is 66.7 Å². The van der Waals surface area contributed by atoms with Gasteiger partial charge >= 0.3 is 0 Å². The monoisotopic (exact) mass is 482 g/mol. The molecule has 0 aliphatic rings. The van der Waals surface area contributed by atoms with Crippen LogP contribution < -0.4 is 9.47 Å². The number of benzene rings is 3. The van der Waals surface area contributed by atoms with E-state index in [4.69, 9.17) is 14.6 Å². The third-order valence-electron chi connectivity index (χ3n) is 5.86. The number of nitrogens with zero attached hydrogens (tertiary/aromatic N) is 2. The van der Waals surface area contributed by atoms with Gasteiger partial charge in [0.1, 0.15) is 0 Å². The standard InChI is InChI=1S/C30H30N2O4/c1-20(2)23-9-13-25(14-10-23)32-26(12-6-22-8-16-28(34)30(18-22)36-4)19-24(31-32)11-5-21-7-15-27(33)29(17-21)35-3/h5-20,33-34H,1-4H3/b11-5+,12-6+. The zero-order valence-electron chi connectivity index (χ0n) is 20.8. The first-order valence-electron chi connectivity index (χ1n) is 11.7. The minimum absolute atomic E-state index is 0.0991. The Morgan fingerprint density at radius 3 is 1.81 bits per heavy atom. The second-order valence-corrected chi connectivity index (χ2v) is 8.68. The highest BCUT2D eigenvalue weighted by molar-refractivity contribution is 5.74. The molecular weight excluding hydrogens is 452 g/mol.